The molecule has 0 aromatic heterocycles. The van der Waals surface area contributed by atoms with E-state index in [1.54, 1.807) is 7.11 Å². The minimum atomic E-state index is -1.46. The van der Waals surface area contributed by atoms with E-state index in [0.717, 1.165) is 0 Å². The molecule has 3 heterocycles. The van der Waals surface area contributed by atoms with E-state index in [-0.39, 0.29) is 197 Å². The maximum atomic E-state index is 14.2. The second-order valence-electron chi connectivity index (χ2n) is 27.7. The van der Waals surface area contributed by atoms with Crippen molar-refractivity contribution in [3.8, 4) is 0 Å². The first-order chi connectivity index (χ1) is 52.2. The number of carbonyl (C=O) groups is 10. The molecule has 4 fully saturated rings. The number of nitrogens with one attached hydrogen (secondary N) is 10. The molecule has 0 aromatic carbocycles. The molecule has 15 atom stereocenters. The van der Waals surface area contributed by atoms with Crippen molar-refractivity contribution in [2.45, 2.75) is 246 Å². The Morgan fingerprint density at radius 2 is 0.706 bits per heavy atom. The van der Waals surface area contributed by atoms with E-state index in [1.807, 2.05) is 0 Å². The van der Waals surface area contributed by atoms with E-state index in [1.165, 1.54) is 20.8 Å². The van der Waals surface area contributed by atoms with Gasteiger partial charge in [-0.15, -0.1) is 0 Å². The summed E-state index contributed by atoms with van der Waals surface area (Å²) in [7, 11) is 1.62. The molecule has 39 heteroatoms. The summed E-state index contributed by atoms with van der Waals surface area (Å²) in [6, 6.07) is -3.13. The van der Waals surface area contributed by atoms with Crippen molar-refractivity contribution in [1.29, 1.82) is 0 Å². The fourth-order valence-corrected chi connectivity index (χ4v) is 12.3. The lowest BCUT2D eigenvalue weighted by Gasteiger charge is -2.42. The van der Waals surface area contributed by atoms with Crippen molar-refractivity contribution in [2.75, 3.05) is 132 Å². The lowest BCUT2D eigenvalue weighted by Crippen LogP contribution is -2.64. The van der Waals surface area contributed by atoms with Gasteiger partial charge in [-0.1, -0.05) is 0 Å². The van der Waals surface area contributed by atoms with Crippen LogP contribution < -0.4 is 53.2 Å². The summed E-state index contributed by atoms with van der Waals surface area (Å²) in [5.74, 6) is -3.72. The number of ether oxygens (including phenoxy) is 10. The van der Waals surface area contributed by atoms with Crippen LogP contribution in [0.25, 0.3) is 0 Å². The zero-order valence-corrected chi connectivity index (χ0v) is 63.4. The molecular formula is C70H124N10O29. The Hall–Kier alpha value is -5.90. The number of aliphatic hydroxyl groups excluding tert-OH is 9. The normalized spacial score (nSPS) is 26.7. The van der Waals surface area contributed by atoms with Crippen molar-refractivity contribution in [1.82, 2.24) is 53.2 Å². The molecule has 109 heavy (non-hydrogen) atoms. The van der Waals surface area contributed by atoms with E-state index in [9.17, 15) is 93.9 Å². The smallest absolute Gasteiger partial charge is 0.223 e. The molecule has 19 N–H and O–H groups in total. The summed E-state index contributed by atoms with van der Waals surface area (Å²) in [6.07, 6.45) is -9.21. The molecule has 0 aromatic rings. The van der Waals surface area contributed by atoms with E-state index < -0.39 is 135 Å². The van der Waals surface area contributed by atoms with E-state index >= 15 is 0 Å². The second kappa shape index (κ2) is 53.9. The summed E-state index contributed by atoms with van der Waals surface area (Å²) in [5, 5.41) is 119. The number of amides is 9. The fourth-order valence-electron chi connectivity index (χ4n) is 12.3. The lowest BCUT2D eigenvalue weighted by atomic mass is 9.86. The maximum absolute atomic E-state index is 14.2. The number of carbonyl (C=O) groups excluding carboxylic acids is 10. The number of ketones is 1. The van der Waals surface area contributed by atoms with Gasteiger partial charge in [0.2, 0.25) is 53.2 Å². The van der Waals surface area contributed by atoms with Crippen molar-refractivity contribution in [3.05, 3.63) is 0 Å². The minimum absolute atomic E-state index is 0.0122. The second-order valence-corrected chi connectivity index (χ2v) is 27.7. The van der Waals surface area contributed by atoms with Crippen LogP contribution in [0.5, 0.6) is 0 Å². The molecule has 4 rings (SSSR count). The van der Waals surface area contributed by atoms with Crippen LogP contribution in [0.1, 0.15) is 143 Å². The first kappa shape index (κ1) is 95.5. The van der Waals surface area contributed by atoms with E-state index in [2.05, 4.69) is 53.2 Å². The van der Waals surface area contributed by atoms with E-state index in [4.69, 9.17) is 47.4 Å². The molecule has 4 aliphatic rings. The number of aliphatic hydroxyl groups is 9. The van der Waals surface area contributed by atoms with Gasteiger partial charge >= 0.3 is 0 Å². The number of rotatable bonds is 56. The third-order valence-corrected chi connectivity index (χ3v) is 18.5. The Morgan fingerprint density at radius 3 is 1.01 bits per heavy atom. The molecule has 0 bridgehead atoms. The molecule has 1 aliphatic carbocycles. The first-order valence-electron chi connectivity index (χ1n) is 37.9. The summed E-state index contributed by atoms with van der Waals surface area (Å²) >= 11 is 0. The Morgan fingerprint density at radius 1 is 0.394 bits per heavy atom. The number of hydrogen-bond donors (Lipinski definition) is 19. The largest absolute Gasteiger partial charge is 0.394 e. The van der Waals surface area contributed by atoms with Gasteiger partial charge in [0.1, 0.15) is 78.3 Å². The number of Topliss-reactive ketones (excluding diaryl/α,β-unsaturated/α-hetero) is 1. The Labute approximate surface area is 635 Å². The zero-order chi connectivity index (χ0) is 80.1. The van der Waals surface area contributed by atoms with Gasteiger partial charge < -0.3 is 146 Å². The summed E-state index contributed by atoms with van der Waals surface area (Å²) < 4.78 is 57.8. The number of methoxy groups -OCH3 is 1. The fraction of sp³-hybridized carbons (Fsp3) is 0.857. The van der Waals surface area contributed by atoms with Crippen LogP contribution in [0.3, 0.4) is 0 Å². The first-order valence-corrected chi connectivity index (χ1v) is 37.9. The van der Waals surface area contributed by atoms with Crippen LogP contribution in [0, 0.1) is 5.92 Å². The third kappa shape index (κ3) is 37.1. The molecule has 9 amide bonds. The maximum Gasteiger partial charge on any atom is 0.223 e. The van der Waals surface area contributed by atoms with Gasteiger partial charge in [0.05, 0.1) is 78.2 Å². The van der Waals surface area contributed by atoms with Crippen LogP contribution >= 0.6 is 0 Å². The number of unbranched alkanes of at least 4 members (excludes halogenated alkanes) is 3. The van der Waals surface area contributed by atoms with Crippen molar-refractivity contribution < 1.29 is 141 Å². The predicted molar refractivity (Wildman–Crippen MR) is 382 cm³/mol. The van der Waals surface area contributed by atoms with Gasteiger partial charge in [0, 0.05) is 124 Å². The van der Waals surface area contributed by atoms with Crippen LogP contribution in [0.4, 0.5) is 0 Å². The molecule has 3 aliphatic heterocycles. The van der Waals surface area contributed by atoms with Crippen LogP contribution in [-0.2, 0) is 95.3 Å². The summed E-state index contributed by atoms with van der Waals surface area (Å²) in [6.45, 7) is 2.64. The minimum Gasteiger partial charge on any atom is -0.394 e. The van der Waals surface area contributed by atoms with Gasteiger partial charge in [0.25, 0.3) is 0 Å². The van der Waals surface area contributed by atoms with Crippen LogP contribution in [-0.4, -0.2) is 341 Å². The highest BCUT2D eigenvalue weighted by Crippen LogP contribution is 2.29. The Kier molecular flexibility index (Phi) is 47.2. The monoisotopic (exact) mass is 1570 g/mol. The van der Waals surface area contributed by atoms with Gasteiger partial charge in [-0.25, -0.2) is 0 Å². The lowest BCUT2D eigenvalue weighted by molar-refractivity contribution is -0.270. The molecule has 39 nitrogen and oxygen atoms in total. The van der Waals surface area contributed by atoms with Gasteiger partial charge in [-0.3, -0.25) is 47.9 Å². The Bertz CT molecular complexity index is 2590. The highest BCUT2D eigenvalue weighted by Gasteiger charge is 2.48. The van der Waals surface area contributed by atoms with Crippen molar-refractivity contribution >= 4 is 58.9 Å². The summed E-state index contributed by atoms with van der Waals surface area (Å²) in [5.41, 5.74) is -1.41. The molecule has 628 valence electrons. The molecule has 15 unspecified atom stereocenters. The topological polar surface area (TPSA) is 565 Å². The average Bonchev–Trinajstić information content (AvgIpc) is 0.826. The number of hydrogen-bond acceptors (Lipinski definition) is 30. The standard InChI is InChI=1S/C70H124N10O29/c1-43(84)36-77-57-63(96)60(93)48(37-81)107-67(57)104-30-8-5-14-51(87)71-24-11-27-74-54(90)21-33-101-40-70(80-66(99)46-17-19-47(100-4)20-18-46,41-102-34-22-55(91)75-28-12-25-72-52(88)15-6-9-31-105-68-58(78-44(2)85)64(97)61(94)49(38-82)108-68)42-103-35-23-56(92)76-29-13-26-73-53(89)16-7-10-32-106-69-59(79-45(3)86)65(98)62(95)50(39-83)109-69/h46-50,57-65,67-69,77,81-83,93-98H,5-42H2,1-4H3,(H,71,87)(H,72,88)(H,73,89)(H,74,90)(H,75,91)(H,76,92)(H,78,85)(H,79,86)(H,80,99). The quantitative estimate of drug-likeness (QED) is 0.0252. The van der Waals surface area contributed by atoms with Crippen LogP contribution in [0.15, 0.2) is 0 Å². The SMILES string of the molecule is COC1CCC(C(=O)NC(COCCC(=O)NCCCNC(=O)CCCCOC2OC(CO)C(O)C(O)C2NCC(C)=O)(COCCC(=O)NCCCNC(=O)CCCCOC2OC(CO)C(O)C(O)C2NC(C)=O)COCCC(=O)NCCCNC(=O)CCCCOC2OC(CO)C(O)C(O)C2NC(C)=O)CC1. The predicted octanol–water partition coefficient (Wildman–Crippen LogP) is -6.43. The van der Waals surface area contributed by atoms with Crippen molar-refractivity contribution in [3.63, 3.8) is 0 Å². The van der Waals surface area contributed by atoms with Crippen LogP contribution in [0.2, 0.25) is 0 Å². The van der Waals surface area contributed by atoms with Gasteiger partial charge in [0.15, 0.2) is 18.9 Å². The molecule has 0 radical (unpaired) electrons. The molecule has 3 saturated heterocycles. The molecular weight excluding hydrogens is 1440 g/mol. The molecule has 1 saturated carbocycles. The summed E-state index contributed by atoms with van der Waals surface area (Å²) in [4.78, 5) is 126. The molecule has 0 spiro atoms. The zero-order valence-electron chi connectivity index (χ0n) is 63.4. The van der Waals surface area contributed by atoms with Gasteiger partial charge in [-0.2, -0.15) is 0 Å². The highest BCUT2D eigenvalue weighted by atomic mass is 16.7. The Balaban J connectivity index is 1.24. The van der Waals surface area contributed by atoms with Crippen molar-refractivity contribution in [2.24, 2.45) is 5.92 Å². The third-order valence-electron chi connectivity index (χ3n) is 18.5. The van der Waals surface area contributed by atoms with E-state index in [0.29, 0.717) is 83.5 Å². The van der Waals surface area contributed by atoms with Gasteiger partial charge in [-0.05, 0) is 90.4 Å². The average molecular weight is 1570 g/mol. The highest BCUT2D eigenvalue weighted by molar-refractivity contribution is 5.80.